The second-order valence-electron chi connectivity index (χ2n) is 7.65. The van der Waals surface area contributed by atoms with Crippen molar-refractivity contribution in [1.82, 2.24) is 9.88 Å². The number of methoxy groups -OCH3 is 1. The fraction of sp³-hybridized carbons (Fsp3) is 0.231. The number of nitriles is 1. The maximum atomic E-state index is 12.6. The lowest BCUT2D eigenvalue weighted by Crippen LogP contribution is -2.23. The van der Waals surface area contributed by atoms with Crippen molar-refractivity contribution in [2.75, 3.05) is 7.11 Å². The zero-order chi connectivity index (χ0) is 22.5. The SMILES string of the molecule is COc1ccc(CNC(=O)/C(C#N)=C\c2cc(C)n(-c3ccc(C)cc3C)c2C)cc1. The Kier molecular flexibility index (Phi) is 6.61. The van der Waals surface area contributed by atoms with E-state index in [1.807, 2.05) is 50.2 Å². The van der Waals surface area contributed by atoms with Crippen LogP contribution in [0, 0.1) is 39.0 Å². The van der Waals surface area contributed by atoms with Gasteiger partial charge in [0.05, 0.1) is 7.11 Å². The van der Waals surface area contributed by atoms with Gasteiger partial charge in [-0.2, -0.15) is 5.26 Å². The summed E-state index contributed by atoms with van der Waals surface area (Å²) >= 11 is 0. The van der Waals surface area contributed by atoms with Gasteiger partial charge in [0.2, 0.25) is 0 Å². The molecule has 1 amide bonds. The summed E-state index contributed by atoms with van der Waals surface area (Å²) in [6.07, 6.45) is 1.66. The molecule has 0 saturated carbocycles. The quantitative estimate of drug-likeness (QED) is 0.460. The lowest BCUT2D eigenvalue weighted by atomic mass is 10.1. The number of carbonyl (C=O) groups is 1. The molecule has 3 rings (SSSR count). The number of carbonyl (C=O) groups excluding carboxylic acids is 1. The summed E-state index contributed by atoms with van der Waals surface area (Å²) in [6.45, 7) is 8.53. The highest BCUT2D eigenvalue weighted by atomic mass is 16.5. The minimum Gasteiger partial charge on any atom is -0.497 e. The molecule has 0 spiro atoms. The number of aromatic nitrogens is 1. The Morgan fingerprint density at radius 3 is 2.42 bits per heavy atom. The number of rotatable bonds is 6. The molecule has 0 aliphatic carbocycles. The van der Waals surface area contributed by atoms with Gasteiger partial charge in [-0.3, -0.25) is 4.79 Å². The van der Waals surface area contributed by atoms with Gasteiger partial charge in [0.25, 0.3) is 5.91 Å². The molecule has 0 atom stereocenters. The third-order valence-electron chi connectivity index (χ3n) is 5.34. The zero-order valence-electron chi connectivity index (χ0n) is 18.6. The second kappa shape index (κ2) is 9.36. The molecule has 0 fully saturated rings. The molecule has 0 aliphatic heterocycles. The van der Waals surface area contributed by atoms with E-state index in [0.717, 1.165) is 34.0 Å². The molecule has 2 aromatic carbocycles. The standard InChI is InChI=1S/C26H27N3O2/c1-17-6-11-25(18(2)12-17)29-19(3)13-22(20(29)4)14-23(15-27)26(30)28-16-21-7-9-24(31-5)10-8-21/h6-14H,16H2,1-5H3,(H,28,30)/b23-14-. The molecule has 1 N–H and O–H groups in total. The van der Waals surface area contributed by atoms with Crippen molar-refractivity contribution in [3.63, 3.8) is 0 Å². The van der Waals surface area contributed by atoms with Gasteiger partial charge in [-0.25, -0.2) is 0 Å². The van der Waals surface area contributed by atoms with Crippen molar-refractivity contribution < 1.29 is 9.53 Å². The smallest absolute Gasteiger partial charge is 0.262 e. The molecule has 3 aromatic rings. The summed E-state index contributed by atoms with van der Waals surface area (Å²) < 4.78 is 7.30. The van der Waals surface area contributed by atoms with E-state index in [9.17, 15) is 10.1 Å². The summed E-state index contributed by atoms with van der Waals surface area (Å²) in [4.78, 5) is 12.6. The van der Waals surface area contributed by atoms with Crippen LogP contribution in [-0.2, 0) is 11.3 Å². The fourth-order valence-electron chi connectivity index (χ4n) is 3.69. The zero-order valence-corrected chi connectivity index (χ0v) is 18.6. The van der Waals surface area contributed by atoms with Gasteiger partial charge in [-0.05, 0) is 74.7 Å². The number of amides is 1. The number of aryl methyl sites for hydroxylation is 3. The van der Waals surface area contributed by atoms with Gasteiger partial charge in [-0.1, -0.05) is 29.8 Å². The predicted octanol–water partition coefficient (Wildman–Crippen LogP) is 4.94. The summed E-state index contributed by atoms with van der Waals surface area (Å²) in [5, 5.41) is 12.4. The topological polar surface area (TPSA) is 67.0 Å². The first kappa shape index (κ1) is 21.9. The highest BCUT2D eigenvalue weighted by Crippen LogP contribution is 2.25. The fourth-order valence-corrected chi connectivity index (χ4v) is 3.69. The molecule has 0 bridgehead atoms. The predicted molar refractivity (Wildman–Crippen MR) is 123 cm³/mol. The minimum atomic E-state index is -0.394. The van der Waals surface area contributed by atoms with E-state index in [0.29, 0.717) is 6.54 Å². The van der Waals surface area contributed by atoms with Crippen molar-refractivity contribution in [2.45, 2.75) is 34.2 Å². The largest absolute Gasteiger partial charge is 0.497 e. The van der Waals surface area contributed by atoms with Crippen molar-refractivity contribution >= 4 is 12.0 Å². The van der Waals surface area contributed by atoms with E-state index in [1.54, 1.807) is 13.2 Å². The first-order valence-corrected chi connectivity index (χ1v) is 10.1. The maximum absolute atomic E-state index is 12.6. The van der Waals surface area contributed by atoms with E-state index < -0.39 is 5.91 Å². The molecular formula is C26H27N3O2. The number of hydrogen-bond donors (Lipinski definition) is 1. The van der Waals surface area contributed by atoms with Gasteiger partial charge in [0.15, 0.2) is 0 Å². The van der Waals surface area contributed by atoms with E-state index in [1.165, 1.54) is 11.1 Å². The Morgan fingerprint density at radius 1 is 1.10 bits per heavy atom. The van der Waals surface area contributed by atoms with Gasteiger partial charge in [-0.15, -0.1) is 0 Å². The first-order chi connectivity index (χ1) is 14.8. The average Bonchev–Trinajstić information content (AvgIpc) is 3.03. The van der Waals surface area contributed by atoms with Gasteiger partial charge < -0.3 is 14.6 Å². The molecule has 5 heteroatoms. The number of nitrogens with one attached hydrogen (secondary N) is 1. The van der Waals surface area contributed by atoms with Crippen LogP contribution in [0.5, 0.6) is 5.75 Å². The van der Waals surface area contributed by atoms with Crippen LogP contribution in [0.25, 0.3) is 11.8 Å². The Labute approximate surface area is 183 Å². The highest BCUT2D eigenvalue weighted by Gasteiger charge is 2.14. The van der Waals surface area contributed by atoms with Crippen molar-refractivity contribution in [3.05, 3.63) is 87.7 Å². The van der Waals surface area contributed by atoms with Crippen LogP contribution in [0.3, 0.4) is 0 Å². The normalized spacial score (nSPS) is 11.2. The van der Waals surface area contributed by atoms with Gasteiger partial charge >= 0.3 is 0 Å². The van der Waals surface area contributed by atoms with Crippen LogP contribution in [0.4, 0.5) is 0 Å². The van der Waals surface area contributed by atoms with Crippen molar-refractivity contribution in [1.29, 1.82) is 5.26 Å². The molecule has 0 unspecified atom stereocenters. The average molecular weight is 414 g/mol. The van der Waals surface area contributed by atoms with Crippen LogP contribution in [0.2, 0.25) is 0 Å². The van der Waals surface area contributed by atoms with E-state index in [4.69, 9.17) is 4.74 Å². The van der Waals surface area contributed by atoms with Crippen molar-refractivity contribution in [2.24, 2.45) is 0 Å². The molecule has 31 heavy (non-hydrogen) atoms. The third kappa shape index (κ3) is 4.87. The Balaban J connectivity index is 1.83. The summed E-state index contributed by atoms with van der Waals surface area (Å²) in [7, 11) is 1.61. The molecule has 0 aliphatic rings. The monoisotopic (exact) mass is 413 g/mol. The van der Waals surface area contributed by atoms with Crippen LogP contribution in [0.15, 0.2) is 54.1 Å². The third-order valence-corrected chi connectivity index (χ3v) is 5.34. The molecule has 1 heterocycles. The molecule has 0 radical (unpaired) electrons. The van der Waals surface area contributed by atoms with E-state index in [-0.39, 0.29) is 5.57 Å². The second-order valence-corrected chi connectivity index (χ2v) is 7.65. The first-order valence-electron chi connectivity index (χ1n) is 10.1. The number of hydrogen-bond acceptors (Lipinski definition) is 3. The summed E-state index contributed by atoms with van der Waals surface area (Å²) in [6, 6.07) is 17.8. The highest BCUT2D eigenvalue weighted by molar-refractivity contribution is 6.01. The van der Waals surface area contributed by atoms with Gasteiger partial charge in [0, 0.05) is 23.6 Å². The molecule has 5 nitrogen and oxygen atoms in total. The molecule has 0 saturated heterocycles. The van der Waals surface area contributed by atoms with E-state index in [2.05, 4.69) is 41.9 Å². The van der Waals surface area contributed by atoms with Crippen LogP contribution in [0.1, 0.15) is 33.6 Å². The number of nitrogens with zero attached hydrogens (tertiary/aromatic N) is 2. The van der Waals surface area contributed by atoms with Crippen LogP contribution >= 0.6 is 0 Å². The Hall–Kier alpha value is -3.78. The lowest BCUT2D eigenvalue weighted by molar-refractivity contribution is -0.117. The van der Waals surface area contributed by atoms with Crippen LogP contribution < -0.4 is 10.1 Å². The molecule has 158 valence electrons. The number of benzene rings is 2. The Morgan fingerprint density at radius 2 is 1.81 bits per heavy atom. The number of ether oxygens (including phenoxy) is 1. The van der Waals surface area contributed by atoms with Crippen LogP contribution in [-0.4, -0.2) is 17.6 Å². The lowest BCUT2D eigenvalue weighted by Gasteiger charge is -2.13. The minimum absolute atomic E-state index is 0.0781. The molecule has 1 aromatic heterocycles. The van der Waals surface area contributed by atoms with Crippen molar-refractivity contribution in [3.8, 4) is 17.5 Å². The maximum Gasteiger partial charge on any atom is 0.262 e. The van der Waals surface area contributed by atoms with E-state index >= 15 is 0 Å². The van der Waals surface area contributed by atoms with Gasteiger partial charge in [0.1, 0.15) is 17.4 Å². The molecular weight excluding hydrogens is 386 g/mol. The summed E-state index contributed by atoms with van der Waals surface area (Å²) in [5.41, 5.74) is 7.39. The Bertz CT molecular complexity index is 1180. The summed E-state index contributed by atoms with van der Waals surface area (Å²) in [5.74, 6) is 0.362.